The Balaban J connectivity index is 1.85. The van der Waals surface area contributed by atoms with Crippen molar-refractivity contribution < 1.29 is 43.8 Å². The third-order valence-corrected chi connectivity index (χ3v) is 4.30. The fraction of sp³-hybridized carbons (Fsp3) is 0.444. The first-order valence-electron chi connectivity index (χ1n) is 8.58. The number of carbonyl (C=O) groups is 1. The first kappa shape index (κ1) is 20.2. The zero-order chi connectivity index (χ0) is 20.4. The number of aliphatic hydroxyl groups excluding tert-OH is 4. The molecule has 4 N–H and O–H groups in total. The summed E-state index contributed by atoms with van der Waals surface area (Å²) >= 11 is 0. The highest BCUT2D eigenvalue weighted by atomic mass is 16.7. The maximum absolute atomic E-state index is 12.0. The Hall–Kier alpha value is -2.50. The van der Waals surface area contributed by atoms with Crippen molar-refractivity contribution in [1.82, 2.24) is 0 Å². The number of benzene rings is 1. The van der Waals surface area contributed by atoms with Gasteiger partial charge in [-0.15, -0.1) is 0 Å². The van der Waals surface area contributed by atoms with Gasteiger partial charge < -0.3 is 39.1 Å². The standard InChI is InChI=1S/C18H20O10/c1-2-25-16(23)10-5-8-3-4-9(6-11(8)27-17(10)24)26-18-15(22)14(21)13(20)12(7-19)28-18/h3-6,12-15,18-22H,2,7H2,1H3/t12?,13-,14-,15?,18-/m1/s1. The predicted octanol–water partition coefficient (Wildman–Crippen LogP) is -0.852. The normalized spacial score (nSPS) is 27.5. The van der Waals surface area contributed by atoms with Crippen LogP contribution in [0.2, 0.25) is 0 Å². The summed E-state index contributed by atoms with van der Waals surface area (Å²) in [5, 5.41) is 39.3. The SMILES string of the molecule is CCOC(=O)c1cc2ccc(O[C@@H]3OC(CO)[C@@H](O)[C@@H](O)C3O)cc2oc1=O. The van der Waals surface area contributed by atoms with E-state index in [4.69, 9.17) is 18.6 Å². The van der Waals surface area contributed by atoms with Crippen LogP contribution < -0.4 is 10.4 Å². The molecule has 1 saturated heterocycles. The van der Waals surface area contributed by atoms with E-state index in [1.54, 1.807) is 6.92 Å². The number of hydrogen-bond acceptors (Lipinski definition) is 10. The molecule has 2 aromatic rings. The highest BCUT2D eigenvalue weighted by Gasteiger charge is 2.44. The number of ether oxygens (including phenoxy) is 3. The third kappa shape index (κ3) is 3.86. The fourth-order valence-electron chi connectivity index (χ4n) is 2.81. The van der Waals surface area contributed by atoms with Crippen LogP contribution in [0.3, 0.4) is 0 Å². The molecule has 1 aromatic heterocycles. The molecule has 0 bridgehead atoms. The van der Waals surface area contributed by atoms with Crippen LogP contribution in [-0.4, -0.2) is 70.3 Å². The third-order valence-electron chi connectivity index (χ3n) is 4.30. The van der Waals surface area contributed by atoms with Crippen molar-refractivity contribution in [2.24, 2.45) is 0 Å². The summed E-state index contributed by atoms with van der Waals surface area (Å²) in [6, 6.07) is 5.66. The Bertz CT molecular complexity index is 905. The Labute approximate surface area is 158 Å². The van der Waals surface area contributed by atoms with E-state index in [2.05, 4.69) is 0 Å². The maximum Gasteiger partial charge on any atom is 0.351 e. The lowest BCUT2D eigenvalue weighted by Crippen LogP contribution is -2.60. The number of rotatable bonds is 5. The van der Waals surface area contributed by atoms with Gasteiger partial charge in [0.1, 0.15) is 41.3 Å². The van der Waals surface area contributed by atoms with Gasteiger partial charge in [0, 0.05) is 11.5 Å². The molecular weight excluding hydrogens is 376 g/mol. The summed E-state index contributed by atoms with van der Waals surface area (Å²) in [7, 11) is 0. The molecule has 1 aromatic carbocycles. The average Bonchev–Trinajstić information content (AvgIpc) is 2.68. The number of esters is 1. The molecule has 0 spiro atoms. The van der Waals surface area contributed by atoms with Gasteiger partial charge in [0.2, 0.25) is 6.29 Å². The predicted molar refractivity (Wildman–Crippen MR) is 92.8 cm³/mol. The van der Waals surface area contributed by atoms with Crippen molar-refractivity contribution in [1.29, 1.82) is 0 Å². The van der Waals surface area contributed by atoms with Crippen molar-refractivity contribution in [3.8, 4) is 5.75 Å². The van der Waals surface area contributed by atoms with Gasteiger partial charge >= 0.3 is 11.6 Å². The molecule has 1 fully saturated rings. The molecule has 0 radical (unpaired) electrons. The molecule has 1 aliphatic heterocycles. The van der Waals surface area contributed by atoms with Gasteiger partial charge in [-0.2, -0.15) is 0 Å². The van der Waals surface area contributed by atoms with Crippen molar-refractivity contribution in [2.45, 2.75) is 37.6 Å². The molecule has 0 amide bonds. The van der Waals surface area contributed by atoms with Gasteiger partial charge in [-0.25, -0.2) is 9.59 Å². The van der Waals surface area contributed by atoms with E-state index >= 15 is 0 Å². The van der Waals surface area contributed by atoms with Gasteiger partial charge in [0.05, 0.1) is 13.2 Å². The van der Waals surface area contributed by atoms with Gasteiger partial charge in [-0.05, 0) is 25.1 Å². The molecule has 1 aliphatic rings. The largest absolute Gasteiger partial charge is 0.462 e. The Morgan fingerprint density at radius 1 is 1.14 bits per heavy atom. The van der Waals surface area contributed by atoms with Crippen LogP contribution in [0.5, 0.6) is 5.75 Å². The zero-order valence-corrected chi connectivity index (χ0v) is 14.8. The van der Waals surface area contributed by atoms with E-state index < -0.39 is 48.9 Å². The Morgan fingerprint density at radius 2 is 1.89 bits per heavy atom. The molecule has 152 valence electrons. The second-order valence-electron chi connectivity index (χ2n) is 6.18. The minimum atomic E-state index is -1.58. The highest BCUT2D eigenvalue weighted by Crippen LogP contribution is 2.26. The molecule has 10 heteroatoms. The Morgan fingerprint density at radius 3 is 2.57 bits per heavy atom. The van der Waals surface area contributed by atoms with Crippen LogP contribution >= 0.6 is 0 Å². The molecule has 0 saturated carbocycles. The van der Waals surface area contributed by atoms with Crippen molar-refractivity contribution >= 4 is 16.9 Å². The summed E-state index contributed by atoms with van der Waals surface area (Å²) < 4.78 is 20.7. The summed E-state index contributed by atoms with van der Waals surface area (Å²) in [5.41, 5.74) is -1.01. The summed E-state index contributed by atoms with van der Waals surface area (Å²) in [6.07, 6.45) is -7.16. The minimum Gasteiger partial charge on any atom is -0.462 e. The lowest BCUT2D eigenvalue weighted by molar-refractivity contribution is -0.277. The molecule has 5 atom stereocenters. The van der Waals surface area contributed by atoms with E-state index in [9.17, 15) is 30.0 Å². The van der Waals surface area contributed by atoms with E-state index in [1.165, 1.54) is 24.3 Å². The van der Waals surface area contributed by atoms with E-state index in [0.717, 1.165) is 0 Å². The summed E-state index contributed by atoms with van der Waals surface area (Å²) in [4.78, 5) is 23.8. The Kier molecular flexibility index (Phi) is 5.96. The number of fused-ring (bicyclic) bond motifs is 1. The van der Waals surface area contributed by atoms with E-state index in [-0.39, 0.29) is 23.5 Å². The second kappa shape index (κ2) is 8.25. The highest BCUT2D eigenvalue weighted by molar-refractivity contribution is 5.93. The van der Waals surface area contributed by atoms with Crippen molar-refractivity contribution in [3.63, 3.8) is 0 Å². The zero-order valence-electron chi connectivity index (χ0n) is 14.8. The molecular formula is C18H20O10. The number of carbonyl (C=O) groups excluding carboxylic acids is 1. The minimum absolute atomic E-state index is 0.111. The lowest BCUT2D eigenvalue weighted by atomic mass is 9.99. The van der Waals surface area contributed by atoms with Crippen LogP contribution in [0.15, 0.2) is 33.5 Å². The molecule has 10 nitrogen and oxygen atoms in total. The van der Waals surface area contributed by atoms with E-state index in [0.29, 0.717) is 5.39 Å². The number of hydrogen-bond donors (Lipinski definition) is 4. The quantitative estimate of drug-likeness (QED) is 0.371. The first-order valence-corrected chi connectivity index (χ1v) is 8.58. The monoisotopic (exact) mass is 396 g/mol. The van der Waals surface area contributed by atoms with Crippen molar-refractivity contribution in [3.05, 3.63) is 40.2 Å². The molecule has 3 rings (SSSR count). The van der Waals surface area contributed by atoms with Gasteiger partial charge in [0.15, 0.2) is 0 Å². The van der Waals surface area contributed by atoms with E-state index in [1.807, 2.05) is 0 Å². The average molecular weight is 396 g/mol. The summed E-state index contributed by atoms with van der Waals surface area (Å²) in [5.74, 6) is -0.663. The van der Waals surface area contributed by atoms with Gasteiger partial charge in [-0.1, -0.05) is 0 Å². The smallest absolute Gasteiger partial charge is 0.351 e. The van der Waals surface area contributed by atoms with Gasteiger partial charge in [-0.3, -0.25) is 0 Å². The topological polar surface area (TPSA) is 156 Å². The molecule has 2 heterocycles. The second-order valence-corrected chi connectivity index (χ2v) is 6.18. The molecule has 28 heavy (non-hydrogen) atoms. The maximum atomic E-state index is 12.0. The number of aliphatic hydroxyl groups is 4. The van der Waals surface area contributed by atoms with Crippen LogP contribution in [0.25, 0.3) is 11.0 Å². The fourth-order valence-corrected chi connectivity index (χ4v) is 2.81. The summed E-state index contributed by atoms with van der Waals surface area (Å²) in [6.45, 7) is 1.14. The van der Waals surface area contributed by atoms with Crippen molar-refractivity contribution in [2.75, 3.05) is 13.2 Å². The molecule has 2 unspecified atom stereocenters. The lowest BCUT2D eigenvalue weighted by Gasteiger charge is -2.39. The van der Waals surface area contributed by atoms with Crippen LogP contribution in [0.4, 0.5) is 0 Å². The van der Waals surface area contributed by atoms with Crippen LogP contribution in [0, 0.1) is 0 Å². The van der Waals surface area contributed by atoms with Gasteiger partial charge in [0.25, 0.3) is 0 Å². The molecule has 0 aliphatic carbocycles. The first-order chi connectivity index (χ1) is 13.3. The van der Waals surface area contributed by atoms with Crippen LogP contribution in [-0.2, 0) is 9.47 Å². The van der Waals surface area contributed by atoms with Crippen LogP contribution in [0.1, 0.15) is 17.3 Å².